The van der Waals surface area contributed by atoms with Crippen LogP contribution in [0.4, 0.5) is 0 Å². The van der Waals surface area contributed by atoms with E-state index < -0.39 is 0 Å². The van der Waals surface area contributed by atoms with Crippen molar-refractivity contribution in [2.24, 2.45) is 0 Å². The summed E-state index contributed by atoms with van der Waals surface area (Å²) in [6, 6.07) is 10.5. The monoisotopic (exact) mass is 325 g/mol. The summed E-state index contributed by atoms with van der Waals surface area (Å²) in [4.78, 5) is 2.40. The molecule has 1 aliphatic heterocycles. The fourth-order valence-electron chi connectivity index (χ4n) is 3.11. The number of methoxy groups -OCH3 is 1. The minimum absolute atomic E-state index is 0.674. The molecule has 0 amide bonds. The number of rotatable bonds is 5. The van der Waals surface area contributed by atoms with Crippen molar-refractivity contribution in [3.63, 3.8) is 0 Å². The van der Waals surface area contributed by atoms with E-state index in [9.17, 15) is 5.26 Å². The predicted octanol–water partition coefficient (Wildman–Crippen LogP) is 2.89. The smallest absolute Gasteiger partial charge is 0.126 e. The molecule has 1 aromatic heterocycles. The molecule has 0 bridgehead atoms. The average molecular weight is 325 g/mol. The summed E-state index contributed by atoms with van der Waals surface area (Å²) < 4.78 is 12.9. The van der Waals surface area contributed by atoms with Gasteiger partial charge in [-0.15, -0.1) is 0 Å². The SMILES string of the molecule is CCn1cc(-c2cc(CN3CCOCC3)ccc2OC)cc1C#N. The van der Waals surface area contributed by atoms with Crippen LogP contribution >= 0.6 is 0 Å². The van der Waals surface area contributed by atoms with Crippen LogP contribution < -0.4 is 4.74 Å². The van der Waals surface area contributed by atoms with Crippen molar-refractivity contribution in [2.45, 2.75) is 20.0 Å². The average Bonchev–Trinajstić information content (AvgIpc) is 3.06. The first-order valence-corrected chi connectivity index (χ1v) is 8.32. The van der Waals surface area contributed by atoms with Crippen LogP contribution in [-0.4, -0.2) is 42.9 Å². The highest BCUT2D eigenvalue weighted by Gasteiger charge is 2.14. The number of nitriles is 1. The zero-order valence-electron chi connectivity index (χ0n) is 14.3. The third-order valence-corrected chi connectivity index (χ3v) is 4.44. The Hall–Kier alpha value is -2.29. The van der Waals surface area contributed by atoms with Gasteiger partial charge in [0, 0.05) is 43.5 Å². The summed E-state index contributed by atoms with van der Waals surface area (Å²) in [5, 5.41) is 9.29. The molecule has 24 heavy (non-hydrogen) atoms. The molecule has 5 nitrogen and oxygen atoms in total. The number of nitrogens with zero attached hydrogens (tertiary/aromatic N) is 3. The van der Waals surface area contributed by atoms with E-state index in [0.717, 1.165) is 56.3 Å². The third-order valence-electron chi connectivity index (χ3n) is 4.44. The Morgan fingerprint density at radius 1 is 1.25 bits per heavy atom. The molecule has 2 heterocycles. The van der Waals surface area contributed by atoms with E-state index in [1.165, 1.54) is 5.56 Å². The van der Waals surface area contributed by atoms with Gasteiger partial charge in [0.1, 0.15) is 17.5 Å². The minimum atomic E-state index is 0.674. The number of ether oxygens (including phenoxy) is 2. The van der Waals surface area contributed by atoms with Gasteiger partial charge in [0.05, 0.1) is 20.3 Å². The quantitative estimate of drug-likeness (QED) is 0.848. The molecule has 1 saturated heterocycles. The molecule has 126 valence electrons. The molecular formula is C19H23N3O2. The first-order valence-electron chi connectivity index (χ1n) is 8.32. The van der Waals surface area contributed by atoms with E-state index in [1.54, 1.807) is 7.11 Å². The summed E-state index contributed by atoms with van der Waals surface area (Å²) >= 11 is 0. The molecule has 0 unspecified atom stereocenters. The summed E-state index contributed by atoms with van der Waals surface area (Å²) in [5.74, 6) is 0.832. The van der Waals surface area contributed by atoms with Crippen LogP contribution in [0.15, 0.2) is 30.5 Å². The van der Waals surface area contributed by atoms with Gasteiger partial charge in [0.25, 0.3) is 0 Å². The van der Waals surface area contributed by atoms with Crippen LogP contribution in [0.5, 0.6) is 5.75 Å². The van der Waals surface area contributed by atoms with Crippen molar-refractivity contribution in [1.82, 2.24) is 9.47 Å². The maximum Gasteiger partial charge on any atom is 0.126 e. The molecular weight excluding hydrogens is 302 g/mol. The van der Waals surface area contributed by atoms with Gasteiger partial charge in [-0.2, -0.15) is 5.26 Å². The number of aryl methyl sites for hydroxylation is 1. The van der Waals surface area contributed by atoms with E-state index in [2.05, 4.69) is 23.1 Å². The summed E-state index contributed by atoms with van der Waals surface area (Å²) in [6.07, 6.45) is 2.02. The van der Waals surface area contributed by atoms with Crippen LogP contribution in [0.2, 0.25) is 0 Å². The second-order valence-corrected chi connectivity index (χ2v) is 5.93. The van der Waals surface area contributed by atoms with Crippen LogP contribution in [0.25, 0.3) is 11.1 Å². The molecule has 5 heteroatoms. The highest BCUT2D eigenvalue weighted by atomic mass is 16.5. The van der Waals surface area contributed by atoms with Crippen LogP contribution in [0.1, 0.15) is 18.2 Å². The molecule has 0 N–H and O–H groups in total. The maximum absolute atomic E-state index is 9.29. The second kappa shape index (κ2) is 7.52. The Bertz CT molecular complexity index is 740. The normalized spacial score (nSPS) is 15.2. The zero-order chi connectivity index (χ0) is 16.9. The summed E-state index contributed by atoms with van der Waals surface area (Å²) in [5.41, 5.74) is 3.98. The summed E-state index contributed by atoms with van der Waals surface area (Å²) in [7, 11) is 1.68. The fraction of sp³-hybridized carbons (Fsp3) is 0.421. The lowest BCUT2D eigenvalue weighted by molar-refractivity contribution is 0.0342. The lowest BCUT2D eigenvalue weighted by atomic mass is 10.0. The van der Waals surface area contributed by atoms with Gasteiger partial charge >= 0.3 is 0 Å². The molecule has 0 radical (unpaired) electrons. The third kappa shape index (κ3) is 3.45. The summed E-state index contributed by atoms with van der Waals surface area (Å²) in [6.45, 7) is 7.25. The highest BCUT2D eigenvalue weighted by Crippen LogP contribution is 2.32. The minimum Gasteiger partial charge on any atom is -0.496 e. The van der Waals surface area contributed by atoms with Gasteiger partial charge < -0.3 is 14.0 Å². The van der Waals surface area contributed by atoms with E-state index in [-0.39, 0.29) is 0 Å². The molecule has 0 saturated carbocycles. The molecule has 3 rings (SSSR count). The number of hydrogen-bond acceptors (Lipinski definition) is 4. The molecule has 0 aliphatic carbocycles. The Labute approximate surface area is 143 Å². The standard InChI is InChI=1S/C19H23N3O2/c1-3-22-14-16(11-17(22)12-20)18-10-15(4-5-19(18)23-2)13-21-6-8-24-9-7-21/h4-5,10-11,14H,3,6-9,13H2,1-2H3. The maximum atomic E-state index is 9.29. The molecule has 1 aliphatic rings. The van der Waals surface area contributed by atoms with E-state index >= 15 is 0 Å². The Morgan fingerprint density at radius 2 is 2.04 bits per heavy atom. The van der Waals surface area contributed by atoms with E-state index in [1.807, 2.05) is 29.8 Å². The molecule has 0 atom stereocenters. The van der Waals surface area contributed by atoms with Crippen molar-refractivity contribution in [1.29, 1.82) is 5.26 Å². The Morgan fingerprint density at radius 3 is 2.67 bits per heavy atom. The van der Waals surface area contributed by atoms with Crippen LogP contribution in [-0.2, 0) is 17.8 Å². The molecule has 1 fully saturated rings. The van der Waals surface area contributed by atoms with Gasteiger partial charge in [-0.25, -0.2) is 0 Å². The topological polar surface area (TPSA) is 50.4 Å². The first-order chi connectivity index (χ1) is 11.7. The van der Waals surface area contributed by atoms with Crippen LogP contribution in [0.3, 0.4) is 0 Å². The van der Waals surface area contributed by atoms with Crippen molar-refractivity contribution >= 4 is 0 Å². The largest absolute Gasteiger partial charge is 0.496 e. The van der Waals surface area contributed by atoms with Gasteiger partial charge in [0.2, 0.25) is 0 Å². The number of hydrogen-bond donors (Lipinski definition) is 0. The molecule has 2 aromatic rings. The van der Waals surface area contributed by atoms with Gasteiger partial charge in [0.15, 0.2) is 0 Å². The van der Waals surface area contributed by atoms with Crippen molar-refractivity contribution in [2.75, 3.05) is 33.4 Å². The lowest BCUT2D eigenvalue weighted by Crippen LogP contribution is -2.35. The highest BCUT2D eigenvalue weighted by molar-refractivity contribution is 5.72. The van der Waals surface area contributed by atoms with Crippen molar-refractivity contribution in [3.05, 3.63) is 41.7 Å². The number of morpholine rings is 1. The fourth-order valence-corrected chi connectivity index (χ4v) is 3.11. The van der Waals surface area contributed by atoms with Crippen LogP contribution in [0, 0.1) is 11.3 Å². The van der Waals surface area contributed by atoms with E-state index in [0.29, 0.717) is 5.69 Å². The zero-order valence-corrected chi connectivity index (χ0v) is 14.3. The van der Waals surface area contributed by atoms with Crippen molar-refractivity contribution in [3.8, 4) is 22.9 Å². The first kappa shape index (κ1) is 16.6. The van der Waals surface area contributed by atoms with Gasteiger partial charge in [-0.05, 0) is 30.7 Å². The predicted molar refractivity (Wildman–Crippen MR) is 92.9 cm³/mol. The number of benzene rings is 1. The Kier molecular flexibility index (Phi) is 5.19. The molecule has 1 aromatic carbocycles. The van der Waals surface area contributed by atoms with Gasteiger partial charge in [-0.1, -0.05) is 6.07 Å². The lowest BCUT2D eigenvalue weighted by Gasteiger charge is -2.26. The Balaban J connectivity index is 1.92. The number of aromatic nitrogens is 1. The second-order valence-electron chi connectivity index (χ2n) is 5.93. The van der Waals surface area contributed by atoms with Gasteiger partial charge in [-0.3, -0.25) is 4.90 Å². The van der Waals surface area contributed by atoms with Crippen molar-refractivity contribution < 1.29 is 9.47 Å². The van der Waals surface area contributed by atoms with E-state index in [4.69, 9.17) is 9.47 Å². The molecule has 0 spiro atoms.